The van der Waals surface area contributed by atoms with Gasteiger partial charge in [0.05, 0.1) is 13.1 Å². The summed E-state index contributed by atoms with van der Waals surface area (Å²) in [5.41, 5.74) is 7.75. The predicted molar refractivity (Wildman–Crippen MR) is 175 cm³/mol. The van der Waals surface area contributed by atoms with Crippen molar-refractivity contribution < 1.29 is 31.3 Å². The lowest BCUT2D eigenvalue weighted by atomic mass is 10.0. The molecule has 0 heterocycles. The monoisotopic (exact) mass is 601 g/mol. The summed E-state index contributed by atoms with van der Waals surface area (Å²) in [6.45, 7) is 6.82. The summed E-state index contributed by atoms with van der Waals surface area (Å²) in [7, 11) is 0. The van der Waals surface area contributed by atoms with Gasteiger partial charge >= 0.3 is 0 Å². The van der Waals surface area contributed by atoms with E-state index in [0.717, 1.165) is 13.1 Å². The molecule has 0 rings (SSSR count). The standard InChI is InChI=1S/2C15H33N.C6H10O4/c2*1-2-3-4-5-6-7-8-9-10-11-12-13-14-15-16;7-5(8)3-1-2-4-6(9)10/h2*2-16H2,1H3;1-4H2,(H,7,8)(H,9,10). The molecule has 6 nitrogen and oxygen atoms in total. The normalized spacial score (nSPS) is 10.5. The van der Waals surface area contributed by atoms with E-state index < -0.39 is 11.9 Å². The molecule has 0 spiro atoms. The molecule has 0 aliphatic rings. The largest absolute Gasteiger partial charge is 0.550 e. The molecule has 6 N–H and O–H groups in total. The molecule has 0 aromatic heterocycles. The molecule has 0 aliphatic carbocycles. The highest BCUT2D eigenvalue weighted by Gasteiger charge is 1.94. The van der Waals surface area contributed by atoms with Crippen molar-refractivity contribution in [1.29, 1.82) is 0 Å². The fourth-order valence-corrected chi connectivity index (χ4v) is 4.93. The van der Waals surface area contributed by atoms with Crippen LogP contribution in [0.4, 0.5) is 0 Å². The minimum atomic E-state index is -1.14. The summed E-state index contributed by atoms with van der Waals surface area (Å²) in [5.74, 6) is -2.28. The first-order valence-corrected chi connectivity index (χ1v) is 18.4. The summed E-state index contributed by atoms with van der Waals surface area (Å²) in [6, 6.07) is 0. The highest BCUT2D eigenvalue weighted by atomic mass is 16.4. The Hall–Kier alpha value is -1.14. The quantitative estimate of drug-likeness (QED) is 0.0857. The van der Waals surface area contributed by atoms with Crippen LogP contribution in [0.2, 0.25) is 0 Å². The highest BCUT2D eigenvalue weighted by Crippen LogP contribution is 2.13. The fraction of sp³-hybridized carbons (Fsp3) is 0.944. The molecule has 0 aromatic carbocycles. The van der Waals surface area contributed by atoms with E-state index in [1.54, 1.807) is 0 Å². The average Bonchev–Trinajstić information content (AvgIpc) is 2.97. The number of unbranched alkanes of at least 4 members (excludes halogenated alkanes) is 25. The SMILES string of the molecule is CCCCCCCCCCCCCCC[NH3+].CCCCCCCCCCCCCCC[NH3+].O=C([O-])CCCCC(=O)[O-]. The van der Waals surface area contributed by atoms with E-state index in [1.807, 2.05) is 0 Å². The molecule has 0 unspecified atom stereocenters. The number of aliphatic carboxylic acids is 2. The van der Waals surface area contributed by atoms with Crippen LogP contribution in [0.1, 0.15) is 206 Å². The number of carboxylic acids is 2. The number of quaternary nitrogens is 2. The summed E-state index contributed by atoms with van der Waals surface area (Å²) >= 11 is 0. The predicted octanol–water partition coefficient (Wildman–Crippen LogP) is 6.69. The molecule has 0 saturated heterocycles. The molecule has 0 saturated carbocycles. The van der Waals surface area contributed by atoms with E-state index >= 15 is 0 Å². The Kier molecular flexibility index (Phi) is 47.8. The zero-order valence-electron chi connectivity index (χ0n) is 28.7. The first-order valence-electron chi connectivity index (χ1n) is 18.4. The maximum absolute atomic E-state index is 9.77. The van der Waals surface area contributed by atoms with Crippen molar-refractivity contribution in [1.82, 2.24) is 0 Å². The second-order valence-electron chi connectivity index (χ2n) is 12.1. The van der Waals surface area contributed by atoms with Crippen molar-refractivity contribution in [2.45, 2.75) is 206 Å². The maximum Gasteiger partial charge on any atom is 0.0739 e. The Labute approximate surface area is 262 Å². The van der Waals surface area contributed by atoms with Gasteiger partial charge in [0.2, 0.25) is 0 Å². The second kappa shape index (κ2) is 44.3. The first kappa shape index (κ1) is 45.3. The molecule has 0 fully saturated rings. The number of hydrogen-bond acceptors (Lipinski definition) is 4. The number of rotatable bonds is 31. The van der Waals surface area contributed by atoms with E-state index in [4.69, 9.17) is 0 Å². The molecule has 6 heteroatoms. The lowest BCUT2D eigenvalue weighted by Crippen LogP contribution is -2.50. The van der Waals surface area contributed by atoms with Crippen LogP contribution in [-0.4, -0.2) is 25.0 Å². The van der Waals surface area contributed by atoms with Gasteiger partial charge in [-0.3, -0.25) is 0 Å². The third kappa shape index (κ3) is 54.9. The Bertz CT molecular complexity index is 431. The smallest absolute Gasteiger partial charge is 0.0739 e. The Morgan fingerprint density at radius 2 is 0.548 bits per heavy atom. The van der Waals surface area contributed by atoms with Gasteiger partial charge in [-0.15, -0.1) is 0 Å². The van der Waals surface area contributed by atoms with E-state index in [2.05, 4.69) is 25.3 Å². The number of carbonyl (C=O) groups is 2. The van der Waals surface area contributed by atoms with Crippen molar-refractivity contribution in [3.8, 4) is 0 Å². The van der Waals surface area contributed by atoms with Gasteiger partial charge in [0.1, 0.15) is 0 Å². The molecular weight excluding hydrogens is 524 g/mol. The topological polar surface area (TPSA) is 136 Å². The average molecular weight is 601 g/mol. The van der Waals surface area contributed by atoms with Gasteiger partial charge in [-0.1, -0.05) is 155 Å². The minimum Gasteiger partial charge on any atom is -0.550 e. The molecule has 0 radical (unpaired) electrons. The second-order valence-corrected chi connectivity index (χ2v) is 12.1. The van der Waals surface area contributed by atoms with Gasteiger partial charge in [0, 0.05) is 11.9 Å². The van der Waals surface area contributed by atoms with Gasteiger partial charge in [-0.2, -0.15) is 0 Å². The molecule has 0 amide bonds. The van der Waals surface area contributed by atoms with Gasteiger partial charge < -0.3 is 31.3 Å². The van der Waals surface area contributed by atoms with Crippen LogP contribution in [0.15, 0.2) is 0 Å². The van der Waals surface area contributed by atoms with Crippen molar-refractivity contribution in [2.75, 3.05) is 13.1 Å². The van der Waals surface area contributed by atoms with Crippen LogP contribution in [0.5, 0.6) is 0 Å². The highest BCUT2D eigenvalue weighted by molar-refractivity contribution is 5.65. The van der Waals surface area contributed by atoms with Gasteiger partial charge in [-0.25, -0.2) is 0 Å². The van der Waals surface area contributed by atoms with E-state index in [1.165, 1.54) is 167 Å². The lowest BCUT2D eigenvalue weighted by molar-refractivity contribution is -0.368. The lowest BCUT2D eigenvalue weighted by Gasteiger charge is -2.02. The van der Waals surface area contributed by atoms with Crippen LogP contribution in [0.3, 0.4) is 0 Å². The van der Waals surface area contributed by atoms with Crippen molar-refractivity contribution in [2.24, 2.45) is 0 Å². The summed E-state index contributed by atoms with van der Waals surface area (Å²) in [4.78, 5) is 19.5. The summed E-state index contributed by atoms with van der Waals surface area (Å²) < 4.78 is 0. The third-order valence-electron chi connectivity index (χ3n) is 7.72. The van der Waals surface area contributed by atoms with Crippen molar-refractivity contribution in [3.05, 3.63) is 0 Å². The minimum absolute atomic E-state index is 0.0761. The van der Waals surface area contributed by atoms with E-state index in [9.17, 15) is 19.8 Å². The zero-order chi connectivity index (χ0) is 31.8. The molecule has 0 bridgehead atoms. The Balaban J connectivity index is -0.000000560. The van der Waals surface area contributed by atoms with Crippen LogP contribution >= 0.6 is 0 Å². The number of hydrogen-bond donors (Lipinski definition) is 2. The zero-order valence-corrected chi connectivity index (χ0v) is 28.7. The third-order valence-corrected chi connectivity index (χ3v) is 7.72. The molecule has 0 atom stereocenters. The molecule has 0 aliphatic heterocycles. The Morgan fingerprint density at radius 1 is 0.357 bits per heavy atom. The van der Waals surface area contributed by atoms with Gasteiger partial charge in [0.15, 0.2) is 0 Å². The van der Waals surface area contributed by atoms with Crippen LogP contribution < -0.4 is 21.7 Å². The fourth-order valence-electron chi connectivity index (χ4n) is 4.93. The van der Waals surface area contributed by atoms with Crippen LogP contribution in [0.25, 0.3) is 0 Å². The first-order chi connectivity index (χ1) is 20.5. The van der Waals surface area contributed by atoms with Gasteiger partial charge in [-0.05, 0) is 51.4 Å². The van der Waals surface area contributed by atoms with Gasteiger partial charge in [0.25, 0.3) is 0 Å². The number of carbonyl (C=O) groups excluding carboxylic acids is 2. The Morgan fingerprint density at radius 3 is 0.714 bits per heavy atom. The maximum atomic E-state index is 9.77. The molecule has 0 aromatic rings. The molecular formula is C36H76N2O4. The van der Waals surface area contributed by atoms with Crippen LogP contribution in [0, 0.1) is 0 Å². The van der Waals surface area contributed by atoms with Crippen LogP contribution in [-0.2, 0) is 9.59 Å². The summed E-state index contributed by atoms with van der Waals surface area (Å²) in [6.07, 6.45) is 38.0. The van der Waals surface area contributed by atoms with Crippen molar-refractivity contribution in [3.63, 3.8) is 0 Å². The van der Waals surface area contributed by atoms with E-state index in [-0.39, 0.29) is 12.8 Å². The van der Waals surface area contributed by atoms with Crippen molar-refractivity contribution >= 4 is 11.9 Å². The molecule has 42 heavy (non-hydrogen) atoms. The number of carboxylic acid groups (broad SMARTS) is 2. The summed E-state index contributed by atoms with van der Waals surface area (Å²) in [5, 5.41) is 19.5. The molecule has 254 valence electrons. The van der Waals surface area contributed by atoms with E-state index in [0.29, 0.717) is 12.8 Å².